The summed E-state index contributed by atoms with van der Waals surface area (Å²) in [5.74, 6) is 0.585. The number of ketones is 1. The molecule has 2 aromatic carbocycles. The third-order valence-electron chi connectivity index (χ3n) is 4.69. The number of benzene rings is 2. The second kappa shape index (κ2) is 7.04. The molecule has 3 rings (SSSR count). The van der Waals surface area contributed by atoms with Gasteiger partial charge in [-0.3, -0.25) is 4.79 Å². The summed E-state index contributed by atoms with van der Waals surface area (Å²) in [7, 11) is 0. The van der Waals surface area contributed by atoms with Crippen molar-refractivity contribution in [2.45, 2.75) is 37.4 Å². The summed E-state index contributed by atoms with van der Waals surface area (Å²) in [5.41, 5.74) is 1.96. The molecule has 0 amide bonds. The van der Waals surface area contributed by atoms with Gasteiger partial charge < -0.3 is 4.74 Å². The van der Waals surface area contributed by atoms with E-state index in [1.165, 1.54) is 0 Å². The van der Waals surface area contributed by atoms with E-state index in [-0.39, 0.29) is 5.78 Å². The fraction of sp³-hybridized carbons (Fsp3) is 0.286. The van der Waals surface area contributed by atoms with E-state index in [1.54, 1.807) is 36.0 Å². The van der Waals surface area contributed by atoms with Crippen LogP contribution in [0.2, 0.25) is 0 Å². The predicted molar refractivity (Wildman–Crippen MR) is 101 cm³/mol. The molecule has 130 valence electrons. The Hall–Kier alpha value is -2.07. The zero-order valence-corrected chi connectivity index (χ0v) is 15.5. The lowest BCUT2D eigenvalue weighted by molar-refractivity contribution is -0.126. The first-order valence-corrected chi connectivity index (χ1v) is 9.52. The van der Waals surface area contributed by atoms with Gasteiger partial charge in [-0.2, -0.15) is 0 Å². The summed E-state index contributed by atoms with van der Waals surface area (Å²) in [5, 5.41) is 0. The van der Waals surface area contributed by atoms with Crippen LogP contribution in [0.3, 0.4) is 0 Å². The third-order valence-corrected chi connectivity index (χ3v) is 5.43. The Balaban J connectivity index is 2.12. The van der Waals surface area contributed by atoms with E-state index in [2.05, 4.69) is 0 Å². The number of Topliss-reactive ketones (excluding diaryl/α,β-unsaturated/α-hetero) is 1. The minimum Gasteiger partial charge on any atom is -0.478 e. The predicted octanol–water partition coefficient (Wildman–Crippen LogP) is 5.51. The van der Waals surface area contributed by atoms with E-state index in [0.29, 0.717) is 23.3 Å². The molecule has 1 heterocycles. The highest BCUT2D eigenvalue weighted by atomic mass is 32.2. The van der Waals surface area contributed by atoms with Crippen molar-refractivity contribution < 1.29 is 13.9 Å². The van der Waals surface area contributed by atoms with Gasteiger partial charge in [0.05, 0.1) is 5.57 Å². The van der Waals surface area contributed by atoms with Crippen molar-refractivity contribution in [3.63, 3.8) is 0 Å². The zero-order chi connectivity index (χ0) is 18.0. The lowest BCUT2D eigenvalue weighted by atomic mass is 9.89. The van der Waals surface area contributed by atoms with Crippen molar-refractivity contribution in [2.75, 3.05) is 6.26 Å². The zero-order valence-electron chi connectivity index (χ0n) is 14.6. The molecule has 1 atom stereocenters. The van der Waals surface area contributed by atoms with Crippen molar-refractivity contribution in [1.82, 2.24) is 0 Å². The topological polar surface area (TPSA) is 26.3 Å². The van der Waals surface area contributed by atoms with E-state index >= 15 is 0 Å². The van der Waals surface area contributed by atoms with Crippen molar-refractivity contribution in [3.8, 4) is 0 Å². The summed E-state index contributed by atoms with van der Waals surface area (Å²) >= 11 is 1.67. The lowest BCUT2D eigenvalue weighted by Crippen LogP contribution is -2.32. The van der Waals surface area contributed by atoms with Gasteiger partial charge >= 0.3 is 0 Å². The van der Waals surface area contributed by atoms with E-state index in [4.69, 9.17) is 4.74 Å². The maximum absolute atomic E-state index is 13.1. The number of hydrogen-bond donors (Lipinski definition) is 0. The standard InChI is InChI=1S/C21H21FO2S/c1-4-21(2)20(23)18(15-7-5-14(13-22)6-8-15)19(24-21)16-9-11-17(25-3)12-10-16/h5-12H,4,13H2,1-3H3. The highest BCUT2D eigenvalue weighted by Gasteiger charge is 2.45. The smallest absolute Gasteiger partial charge is 0.210 e. The van der Waals surface area contributed by atoms with E-state index in [9.17, 15) is 9.18 Å². The molecule has 0 N–H and O–H groups in total. The first-order chi connectivity index (χ1) is 12.0. The van der Waals surface area contributed by atoms with Crippen molar-refractivity contribution in [1.29, 1.82) is 0 Å². The number of carbonyl (C=O) groups is 1. The monoisotopic (exact) mass is 356 g/mol. The molecule has 25 heavy (non-hydrogen) atoms. The summed E-state index contributed by atoms with van der Waals surface area (Å²) in [6.07, 6.45) is 2.61. The molecule has 0 spiro atoms. The van der Waals surface area contributed by atoms with Crippen molar-refractivity contribution >= 4 is 28.9 Å². The number of rotatable bonds is 5. The molecular weight excluding hydrogens is 335 g/mol. The van der Waals surface area contributed by atoms with Gasteiger partial charge in [-0.15, -0.1) is 11.8 Å². The molecule has 0 saturated heterocycles. The summed E-state index contributed by atoms with van der Waals surface area (Å²) in [4.78, 5) is 14.2. The maximum Gasteiger partial charge on any atom is 0.210 e. The van der Waals surface area contributed by atoms with Gasteiger partial charge in [0.25, 0.3) is 0 Å². The average Bonchev–Trinajstić information content (AvgIpc) is 2.94. The van der Waals surface area contributed by atoms with Crippen molar-refractivity contribution in [3.05, 3.63) is 65.2 Å². The van der Waals surface area contributed by atoms with Gasteiger partial charge in [-0.25, -0.2) is 4.39 Å². The number of ether oxygens (including phenoxy) is 1. The Morgan fingerprint density at radius 3 is 2.16 bits per heavy atom. The van der Waals surface area contributed by atoms with Crippen LogP contribution in [0.5, 0.6) is 0 Å². The molecular formula is C21H21FO2S. The van der Waals surface area contributed by atoms with Gasteiger partial charge in [-0.05, 0) is 42.9 Å². The summed E-state index contributed by atoms with van der Waals surface area (Å²) in [6.45, 7) is 3.26. The van der Waals surface area contributed by atoms with Crippen LogP contribution >= 0.6 is 11.8 Å². The normalized spacial score (nSPS) is 20.1. The van der Waals surface area contributed by atoms with Crippen LogP contribution in [-0.4, -0.2) is 17.6 Å². The van der Waals surface area contributed by atoms with Crippen LogP contribution in [-0.2, 0) is 16.2 Å². The summed E-state index contributed by atoms with van der Waals surface area (Å²) in [6, 6.07) is 15.0. The van der Waals surface area contributed by atoms with Gasteiger partial charge in [0, 0.05) is 10.5 Å². The Morgan fingerprint density at radius 1 is 1.04 bits per heavy atom. The molecule has 0 radical (unpaired) electrons. The first-order valence-electron chi connectivity index (χ1n) is 8.30. The fourth-order valence-electron chi connectivity index (χ4n) is 2.89. The van der Waals surface area contributed by atoms with Crippen LogP contribution in [0.1, 0.15) is 37.0 Å². The van der Waals surface area contributed by atoms with Gasteiger partial charge in [0.15, 0.2) is 5.60 Å². The Bertz CT molecular complexity index is 809. The minimum atomic E-state index is -0.860. The van der Waals surface area contributed by atoms with Gasteiger partial charge in [0.1, 0.15) is 12.4 Å². The SMILES string of the molecule is CCC1(C)OC(c2ccc(SC)cc2)=C(c2ccc(CF)cc2)C1=O. The second-order valence-corrected chi connectivity index (χ2v) is 7.16. The molecule has 2 nitrogen and oxygen atoms in total. The first kappa shape index (κ1) is 17.7. The van der Waals surface area contributed by atoms with Crippen LogP contribution in [0, 0.1) is 0 Å². The molecule has 4 heteroatoms. The Morgan fingerprint density at radius 2 is 1.64 bits per heavy atom. The van der Waals surface area contributed by atoms with Gasteiger partial charge in [-0.1, -0.05) is 43.3 Å². The number of carbonyl (C=O) groups excluding carboxylic acids is 1. The van der Waals surface area contributed by atoms with E-state index in [1.807, 2.05) is 44.4 Å². The van der Waals surface area contributed by atoms with E-state index in [0.717, 1.165) is 16.0 Å². The van der Waals surface area contributed by atoms with Gasteiger partial charge in [0.2, 0.25) is 5.78 Å². The minimum absolute atomic E-state index is 0.0214. The molecule has 1 unspecified atom stereocenters. The molecule has 0 aromatic heterocycles. The number of thioether (sulfide) groups is 1. The molecule has 2 aromatic rings. The quantitative estimate of drug-likeness (QED) is 0.660. The molecule has 0 bridgehead atoms. The van der Waals surface area contributed by atoms with Crippen LogP contribution in [0.4, 0.5) is 4.39 Å². The second-order valence-electron chi connectivity index (χ2n) is 6.28. The van der Waals surface area contributed by atoms with E-state index < -0.39 is 12.3 Å². The number of halogens is 1. The molecule has 1 aliphatic heterocycles. The largest absolute Gasteiger partial charge is 0.478 e. The average molecular weight is 356 g/mol. The fourth-order valence-corrected chi connectivity index (χ4v) is 3.30. The number of hydrogen-bond acceptors (Lipinski definition) is 3. The molecule has 0 aliphatic carbocycles. The van der Waals surface area contributed by atoms with Crippen molar-refractivity contribution in [2.24, 2.45) is 0 Å². The molecule has 0 saturated carbocycles. The highest BCUT2D eigenvalue weighted by molar-refractivity contribution is 7.98. The maximum atomic E-state index is 13.1. The van der Waals surface area contributed by atoms with Crippen LogP contribution in [0.25, 0.3) is 11.3 Å². The summed E-state index contributed by atoms with van der Waals surface area (Å²) < 4.78 is 18.9. The molecule has 0 fully saturated rings. The lowest BCUT2D eigenvalue weighted by Gasteiger charge is -2.21. The number of alkyl halides is 1. The molecule has 1 aliphatic rings. The van der Waals surface area contributed by atoms with Crippen LogP contribution < -0.4 is 0 Å². The third kappa shape index (κ3) is 3.23. The Labute approximate surface area is 152 Å². The highest BCUT2D eigenvalue weighted by Crippen LogP contribution is 2.43. The Kier molecular flexibility index (Phi) is 5.00. The van der Waals surface area contributed by atoms with Crippen LogP contribution in [0.15, 0.2) is 53.4 Å².